The Morgan fingerprint density at radius 2 is 1.50 bits per heavy atom. The van der Waals surface area contributed by atoms with Crippen LogP contribution in [0.2, 0.25) is 0 Å². The summed E-state index contributed by atoms with van der Waals surface area (Å²) in [7, 11) is 0. The number of hydrogen-bond donors (Lipinski definition) is 2. The van der Waals surface area contributed by atoms with Gasteiger partial charge >= 0.3 is 0 Å². The van der Waals surface area contributed by atoms with E-state index in [2.05, 4.69) is 102 Å². The summed E-state index contributed by atoms with van der Waals surface area (Å²) in [4.78, 5) is 0. The van der Waals surface area contributed by atoms with Crippen LogP contribution in [0.5, 0.6) is 17.2 Å². The highest BCUT2D eigenvalue weighted by Crippen LogP contribution is 2.36. The van der Waals surface area contributed by atoms with Crippen molar-refractivity contribution in [1.29, 1.82) is 0 Å². The van der Waals surface area contributed by atoms with Gasteiger partial charge in [-0.15, -0.1) is 0 Å². The van der Waals surface area contributed by atoms with Crippen LogP contribution in [0, 0.1) is 14.3 Å². The first-order chi connectivity index (χ1) is 10.3. The lowest BCUT2D eigenvalue weighted by molar-refractivity contribution is 0.455. The Hall–Kier alpha value is 0.920. The SMILES string of the molecule is CC(N)Cc1cc(I)c(Oc2cc(I)c(O)c(I)c2)c(I)c1. The number of rotatable bonds is 4. The molecular weight excluding hydrogens is 734 g/mol. The fourth-order valence-corrected chi connectivity index (χ4v) is 5.75. The predicted octanol–water partition coefficient (Wildman–Crippen LogP) is 5.49. The molecular formula is C15H13I4NO2. The first kappa shape index (κ1) is 19.2. The molecule has 2 aromatic carbocycles. The highest BCUT2D eigenvalue weighted by molar-refractivity contribution is 14.1. The summed E-state index contributed by atoms with van der Waals surface area (Å²) in [5, 5.41) is 9.84. The molecule has 118 valence electrons. The van der Waals surface area contributed by atoms with Crippen LogP contribution in [-0.4, -0.2) is 11.1 Å². The minimum Gasteiger partial charge on any atom is -0.506 e. The van der Waals surface area contributed by atoms with Crippen molar-refractivity contribution in [3.05, 3.63) is 44.1 Å². The fraction of sp³-hybridized carbons (Fsp3) is 0.200. The highest BCUT2D eigenvalue weighted by atomic mass is 127. The lowest BCUT2D eigenvalue weighted by Gasteiger charge is -2.14. The van der Waals surface area contributed by atoms with E-state index in [1.54, 1.807) is 0 Å². The summed E-state index contributed by atoms with van der Waals surface area (Å²) < 4.78 is 9.71. The van der Waals surface area contributed by atoms with Crippen molar-refractivity contribution in [3.63, 3.8) is 0 Å². The number of aromatic hydroxyl groups is 1. The van der Waals surface area contributed by atoms with Gasteiger partial charge in [0.25, 0.3) is 0 Å². The predicted molar refractivity (Wildman–Crippen MR) is 123 cm³/mol. The zero-order valence-corrected chi connectivity index (χ0v) is 20.2. The van der Waals surface area contributed by atoms with Crippen LogP contribution < -0.4 is 10.5 Å². The van der Waals surface area contributed by atoms with Crippen LogP contribution in [0.3, 0.4) is 0 Å². The van der Waals surface area contributed by atoms with Crippen molar-refractivity contribution in [2.45, 2.75) is 19.4 Å². The molecule has 0 spiro atoms. The van der Waals surface area contributed by atoms with Gasteiger partial charge in [-0.1, -0.05) is 0 Å². The first-order valence-corrected chi connectivity index (χ1v) is 10.7. The van der Waals surface area contributed by atoms with E-state index in [4.69, 9.17) is 10.5 Å². The maximum atomic E-state index is 9.84. The molecule has 0 bridgehead atoms. The first-order valence-electron chi connectivity index (χ1n) is 6.37. The van der Waals surface area contributed by atoms with Crippen LogP contribution in [0.25, 0.3) is 0 Å². The van der Waals surface area contributed by atoms with Gasteiger partial charge in [-0.3, -0.25) is 0 Å². The molecule has 0 heterocycles. The van der Waals surface area contributed by atoms with Crippen molar-refractivity contribution in [1.82, 2.24) is 0 Å². The number of phenolic OH excluding ortho intramolecular Hbond substituents is 1. The summed E-state index contributed by atoms with van der Waals surface area (Å²) in [6, 6.07) is 8.02. The van der Waals surface area contributed by atoms with Gasteiger partial charge in [0.15, 0.2) is 5.75 Å². The second-order valence-electron chi connectivity index (χ2n) is 4.91. The van der Waals surface area contributed by atoms with Crippen LogP contribution in [0.1, 0.15) is 12.5 Å². The molecule has 0 aliphatic rings. The molecule has 0 fully saturated rings. The van der Waals surface area contributed by atoms with Gasteiger partial charge in [0.1, 0.15) is 11.5 Å². The average Bonchev–Trinajstić information content (AvgIpc) is 2.39. The molecule has 0 aliphatic carbocycles. The van der Waals surface area contributed by atoms with Crippen LogP contribution in [0.4, 0.5) is 0 Å². The van der Waals surface area contributed by atoms with E-state index < -0.39 is 0 Å². The van der Waals surface area contributed by atoms with E-state index in [9.17, 15) is 5.11 Å². The summed E-state index contributed by atoms with van der Waals surface area (Å²) in [6.45, 7) is 2.00. The summed E-state index contributed by atoms with van der Waals surface area (Å²) in [5.41, 5.74) is 7.09. The smallest absolute Gasteiger partial charge is 0.154 e. The molecule has 0 radical (unpaired) electrons. The van der Waals surface area contributed by atoms with Crippen molar-refractivity contribution < 1.29 is 9.84 Å². The topological polar surface area (TPSA) is 55.5 Å². The highest BCUT2D eigenvalue weighted by Gasteiger charge is 2.13. The number of ether oxygens (including phenoxy) is 1. The quantitative estimate of drug-likeness (QED) is 0.408. The Morgan fingerprint density at radius 3 is 1.95 bits per heavy atom. The van der Waals surface area contributed by atoms with Crippen molar-refractivity contribution in [3.8, 4) is 17.2 Å². The minimum atomic E-state index is 0.138. The van der Waals surface area contributed by atoms with Gasteiger partial charge in [-0.05, 0) is 134 Å². The van der Waals surface area contributed by atoms with Gasteiger partial charge < -0.3 is 15.6 Å². The third kappa shape index (κ3) is 4.96. The van der Waals surface area contributed by atoms with E-state index in [1.165, 1.54) is 5.56 Å². The normalized spacial score (nSPS) is 12.3. The molecule has 0 saturated carbocycles. The number of hydrogen-bond acceptors (Lipinski definition) is 3. The van der Waals surface area contributed by atoms with Gasteiger partial charge in [-0.25, -0.2) is 0 Å². The monoisotopic (exact) mass is 747 g/mol. The van der Waals surface area contributed by atoms with Crippen LogP contribution in [0.15, 0.2) is 24.3 Å². The largest absolute Gasteiger partial charge is 0.506 e. The molecule has 22 heavy (non-hydrogen) atoms. The van der Waals surface area contributed by atoms with Gasteiger partial charge in [0.05, 0.1) is 14.3 Å². The third-order valence-corrected chi connectivity index (χ3v) is 6.07. The Morgan fingerprint density at radius 1 is 1.00 bits per heavy atom. The Bertz CT molecular complexity index is 658. The molecule has 2 rings (SSSR count). The molecule has 0 amide bonds. The zero-order chi connectivity index (χ0) is 16.4. The molecule has 0 saturated heterocycles. The Kier molecular flexibility index (Phi) is 7.29. The molecule has 1 atom stereocenters. The van der Waals surface area contributed by atoms with E-state index in [0.717, 1.165) is 32.2 Å². The number of halogens is 4. The summed E-state index contributed by atoms with van der Waals surface area (Å²) in [6.07, 6.45) is 0.849. The second-order valence-corrected chi connectivity index (χ2v) is 9.56. The lowest BCUT2D eigenvalue weighted by Crippen LogP contribution is -2.17. The summed E-state index contributed by atoms with van der Waals surface area (Å²) in [5.74, 6) is 1.86. The van der Waals surface area contributed by atoms with E-state index in [1.807, 2.05) is 19.1 Å². The van der Waals surface area contributed by atoms with Gasteiger partial charge in [0, 0.05) is 6.04 Å². The zero-order valence-electron chi connectivity index (χ0n) is 11.5. The number of phenols is 1. The average molecular weight is 747 g/mol. The molecule has 3 N–H and O–H groups in total. The molecule has 1 unspecified atom stereocenters. The van der Waals surface area contributed by atoms with E-state index in [-0.39, 0.29) is 6.04 Å². The lowest BCUT2D eigenvalue weighted by atomic mass is 10.1. The van der Waals surface area contributed by atoms with Crippen LogP contribution >= 0.6 is 90.4 Å². The maximum absolute atomic E-state index is 9.84. The Labute approximate surface area is 184 Å². The summed E-state index contributed by atoms with van der Waals surface area (Å²) >= 11 is 8.77. The van der Waals surface area contributed by atoms with Crippen molar-refractivity contribution in [2.75, 3.05) is 0 Å². The molecule has 2 aromatic rings. The van der Waals surface area contributed by atoms with Gasteiger partial charge in [-0.2, -0.15) is 0 Å². The van der Waals surface area contributed by atoms with E-state index in [0.29, 0.717) is 5.75 Å². The Balaban J connectivity index is 2.34. The third-order valence-electron chi connectivity index (χ3n) is 2.83. The molecule has 7 heteroatoms. The number of benzene rings is 2. The van der Waals surface area contributed by atoms with Crippen molar-refractivity contribution >= 4 is 90.4 Å². The minimum absolute atomic E-state index is 0.138. The van der Waals surface area contributed by atoms with E-state index >= 15 is 0 Å². The molecule has 0 aromatic heterocycles. The van der Waals surface area contributed by atoms with Gasteiger partial charge in [0.2, 0.25) is 0 Å². The second kappa shape index (κ2) is 8.34. The molecule has 0 aliphatic heterocycles. The molecule has 3 nitrogen and oxygen atoms in total. The van der Waals surface area contributed by atoms with Crippen LogP contribution in [-0.2, 0) is 6.42 Å². The van der Waals surface area contributed by atoms with Crippen molar-refractivity contribution in [2.24, 2.45) is 5.73 Å². The number of nitrogens with two attached hydrogens (primary N) is 1. The maximum Gasteiger partial charge on any atom is 0.154 e. The standard InChI is InChI=1S/C15H13I4NO2/c1-7(20)2-8-3-12(18)15(13(19)4-8)22-9-5-10(16)14(21)11(17)6-9/h3-7,21H,2,20H2,1H3. The fourth-order valence-electron chi connectivity index (χ4n) is 1.92.